The fraction of sp³-hybridized carbons (Fsp3) is 0.278. The molecule has 0 unspecified atom stereocenters. The lowest BCUT2D eigenvalue weighted by Crippen LogP contribution is -2.35. The number of nitrogens with one attached hydrogen (secondary N) is 1. The number of aryl methyl sites for hydroxylation is 3. The molecule has 0 spiro atoms. The first kappa shape index (κ1) is 20.7. The summed E-state index contributed by atoms with van der Waals surface area (Å²) in [5.74, 6) is -0.440. The molecule has 26 heavy (non-hydrogen) atoms. The van der Waals surface area contributed by atoms with E-state index in [0.717, 1.165) is 21.0 Å². The van der Waals surface area contributed by atoms with Crippen molar-refractivity contribution in [1.82, 2.24) is 4.31 Å². The molecule has 0 radical (unpaired) electrons. The molecule has 0 aliphatic heterocycles. The van der Waals surface area contributed by atoms with Gasteiger partial charge in [0.25, 0.3) is 0 Å². The molecular formula is C18H20Cl2N2O3S. The zero-order valence-corrected chi connectivity index (χ0v) is 17.3. The maximum atomic E-state index is 12.7. The Morgan fingerprint density at radius 2 is 1.65 bits per heavy atom. The Labute approximate surface area is 164 Å². The van der Waals surface area contributed by atoms with Gasteiger partial charge in [-0.1, -0.05) is 40.9 Å². The average Bonchev–Trinajstić information content (AvgIpc) is 2.53. The van der Waals surface area contributed by atoms with E-state index in [2.05, 4.69) is 5.32 Å². The summed E-state index contributed by atoms with van der Waals surface area (Å²) < 4.78 is 26.3. The molecule has 8 heteroatoms. The second-order valence-electron chi connectivity index (χ2n) is 6.16. The Morgan fingerprint density at radius 1 is 1.08 bits per heavy atom. The third-order valence-electron chi connectivity index (χ3n) is 3.89. The van der Waals surface area contributed by atoms with Gasteiger partial charge in [0.2, 0.25) is 15.9 Å². The zero-order chi connectivity index (χ0) is 19.6. The summed E-state index contributed by atoms with van der Waals surface area (Å²) in [6.07, 6.45) is 0. The van der Waals surface area contributed by atoms with E-state index in [4.69, 9.17) is 23.2 Å². The maximum absolute atomic E-state index is 12.7. The molecule has 0 atom stereocenters. The Kier molecular flexibility index (Phi) is 6.34. The van der Waals surface area contributed by atoms with Crippen LogP contribution in [0.5, 0.6) is 0 Å². The number of sulfonamides is 1. The molecule has 0 aromatic heterocycles. The summed E-state index contributed by atoms with van der Waals surface area (Å²) in [5.41, 5.74) is 3.61. The molecule has 1 amide bonds. The maximum Gasteiger partial charge on any atom is 0.244 e. The molecule has 0 bridgehead atoms. The van der Waals surface area contributed by atoms with Crippen molar-refractivity contribution < 1.29 is 13.2 Å². The number of amides is 1. The van der Waals surface area contributed by atoms with Crippen LogP contribution in [0.25, 0.3) is 0 Å². The van der Waals surface area contributed by atoms with Gasteiger partial charge in [-0.05, 0) is 50.1 Å². The number of likely N-dealkylation sites (N-methyl/N-ethyl adjacent to an activating group) is 1. The lowest BCUT2D eigenvalue weighted by atomic mass is 10.1. The van der Waals surface area contributed by atoms with Crippen LogP contribution in [0.2, 0.25) is 10.0 Å². The number of carbonyl (C=O) groups is 1. The van der Waals surface area contributed by atoms with E-state index in [-0.39, 0.29) is 21.5 Å². The van der Waals surface area contributed by atoms with Gasteiger partial charge in [-0.3, -0.25) is 4.79 Å². The third-order valence-corrected chi connectivity index (χ3v) is 6.41. The highest BCUT2D eigenvalue weighted by molar-refractivity contribution is 7.89. The van der Waals surface area contributed by atoms with Crippen molar-refractivity contribution in [2.45, 2.75) is 25.7 Å². The highest BCUT2D eigenvalue weighted by Crippen LogP contribution is 2.27. The first-order valence-electron chi connectivity index (χ1n) is 7.81. The van der Waals surface area contributed by atoms with Crippen molar-refractivity contribution >= 4 is 44.8 Å². The monoisotopic (exact) mass is 414 g/mol. The minimum atomic E-state index is -3.95. The van der Waals surface area contributed by atoms with Crippen LogP contribution in [0.3, 0.4) is 0 Å². The van der Waals surface area contributed by atoms with E-state index in [1.54, 1.807) is 0 Å². The second-order valence-corrected chi connectivity index (χ2v) is 9.01. The normalized spacial score (nSPS) is 11.7. The summed E-state index contributed by atoms with van der Waals surface area (Å²) in [7, 11) is -2.63. The van der Waals surface area contributed by atoms with Crippen molar-refractivity contribution in [2.75, 3.05) is 18.9 Å². The van der Waals surface area contributed by atoms with Gasteiger partial charge in [0.1, 0.15) is 4.90 Å². The first-order chi connectivity index (χ1) is 12.0. The van der Waals surface area contributed by atoms with Crippen LogP contribution in [0.15, 0.2) is 35.2 Å². The van der Waals surface area contributed by atoms with Gasteiger partial charge in [-0.15, -0.1) is 0 Å². The van der Waals surface area contributed by atoms with Gasteiger partial charge in [-0.25, -0.2) is 8.42 Å². The van der Waals surface area contributed by atoms with Crippen LogP contribution < -0.4 is 5.32 Å². The molecule has 0 aliphatic rings. The van der Waals surface area contributed by atoms with Crippen molar-refractivity contribution in [3.63, 3.8) is 0 Å². The first-order valence-corrected chi connectivity index (χ1v) is 10.0. The number of hydrogen-bond acceptors (Lipinski definition) is 3. The second kappa shape index (κ2) is 7.96. The van der Waals surface area contributed by atoms with Crippen LogP contribution in [-0.2, 0) is 14.8 Å². The molecule has 1 N–H and O–H groups in total. The number of anilines is 1. The summed E-state index contributed by atoms with van der Waals surface area (Å²) >= 11 is 11.8. The molecule has 0 saturated carbocycles. The molecule has 0 aliphatic carbocycles. The quantitative estimate of drug-likeness (QED) is 0.797. The molecular weight excluding hydrogens is 395 g/mol. The van der Waals surface area contributed by atoms with E-state index in [9.17, 15) is 13.2 Å². The molecule has 0 fully saturated rings. The predicted octanol–water partition coefficient (Wildman–Crippen LogP) is 4.18. The number of carbonyl (C=O) groups excluding carboxylic acids is 1. The van der Waals surface area contributed by atoms with Gasteiger partial charge >= 0.3 is 0 Å². The molecule has 2 aromatic rings. The lowest BCUT2D eigenvalue weighted by Gasteiger charge is -2.19. The fourth-order valence-corrected chi connectivity index (χ4v) is 4.55. The lowest BCUT2D eigenvalue weighted by molar-refractivity contribution is -0.116. The van der Waals surface area contributed by atoms with Crippen molar-refractivity contribution in [3.8, 4) is 0 Å². The molecule has 0 saturated heterocycles. The van der Waals surface area contributed by atoms with E-state index >= 15 is 0 Å². The summed E-state index contributed by atoms with van der Waals surface area (Å²) in [4.78, 5) is 12.2. The van der Waals surface area contributed by atoms with E-state index < -0.39 is 15.9 Å². The largest absolute Gasteiger partial charge is 0.324 e. The van der Waals surface area contributed by atoms with Crippen LogP contribution in [0, 0.1) is 20.8 Å². The van der Waals surface area contributed by atoms with Crippen LogP contribution in [-0.4, -0.2) is 32.2 Å². The van der Waals surface area contributed by atoms with Gasteiger partial charge in [0.15, 0.2) is 0 Å². The molecule has 0 heterocycles. The molecule has 140 valence electrons. The van der Waals surface area contributed by atoms with Crippen LogP contribution in [0.1, 0.15) is 16.7 Å². The molecule has 2 rings (SSSR count). The number of benzene rings is 2. The highest BCUT2D eigenvalue weighted by atomic mass is 35.5. The number of halogens is 2. The van der Waals surface area contributed by atoms with Gasteiger partial charge in [-0.2, -0.15) is 4.31 Å². The topological polar surface area (TPSA) is 66.5 Å². The van der Waals surface area contributed by atoms with E-state index in [1.807, 2.05) is 32.9 Å². The summed E-state index contributed by atoms with van der Waals surface area (Å²) in [6.45, 7) is 5.41. The summed E-state index contributed by atoms with van der Waals surface area (Å²) in [5, 5.41) is 3.08. The highest BCUT2D eigenvalue weighted by Gasteiger charge is 2.26. The van der Waals surface area contributed by atoms with Gasteiger partial charge in [0, 0.05) is 17.8 Å². The smallest absolute Gasteiger partial charge is 0.244 e. The number of hydrogen-bond donors (Lipinski definition) is 1. The minimum Gasteiger partial charge on any atom is -0.324 e. The standard InChI is InChI=1S/C18H20Cl2N2O3S/c1-11-7-12(2)18(13(3)8-11)21-17(23)10-22(4)26(24,25)16-9-14(19)5-6-15(16)20/h5-9H,10H2,1-4H3,(H,21,23). The Balaban J connectivity index is 2.20. The third kappa shape index (κ3) is 4.57. The van der Waals surface area contributed by atoms with Crippen molar-refractivity contribution in [1.29, 1.82) is 0 Å². The molecule has 2 aromatic carbocycles. The van der Waals surface area contributed by atoms with Crippen molar-refractivity contribution in [3.05, 3.63) is 57.1 Å². The summed E-state index contributed by atoms with van der Waals surface area (Å²) in [6, 6.07) is 8.08. The van der Waals surface area contributed by atoms with Gasteiger partial charge < -0.3 is 5.32 Å². The van der Waals surface area contributed by atoms with Crippen LogP contribution >= 0.6 is 23.2 Å². The Morgan fingerprint density at radius 3 is 2.23 bits per heavy atom. The van der Waals surface area contributed by atoms with Gasteiger partial charge in [0.05, 0.1) is 11.6 Å². The number of nitrogens with zero attached hydrogens (tertiary/aromatic N) is 1. The zero-order valence-electron chi connectivity index (χ0n) is 14.9. The van der Waals surface area contributed by atoms with E-state index in [0.29, 0.717) is 5.69 Å². The number of rotatable bonds is 5. The average molecular weight is 415 g/mol. The fourth-order valence-electron chi connectivity index (χ4n) is 2.69. The van der Waals surface area contributed by atoms with Crippen molar-refractivity contribution in [2.24, 2.45) is 0 Å². The predicted molar refractivity (Wildman–Crippen MR) is 106 cm³/mol. The Hall–Kier alpha value is -1.60. The SMILES string of the molecule is Cc1cc(C)c(NC(=O)CN(C)S(=O)(=O)c2cc(Cl)ccc2Cl)c(C)c1. The Bertz CT molecular complexity index is 936. The minimum absolute atomic E-state index is 0.0480. The van der Waals surface area contributed by atoms with Crippen LogP contribution in [0.4, 0.5) is 5.69 Å². The molecule has 5 nitrogen and oxygen atoms in total. The van der Waals surface area contributed by atoms with E-state index in [1.165, 1.54) is 25.2 Å².